The lowest BCUT2D eigenvalue weighted by molar-refractivity contribution is -0.144. The molecule has 0 saturated carbocycles. The van der Waals surface area contributed by atoms with Crippen molar-refractivity contribution in [3.63, 3.8) is 0 Å². The second kappa shape index (κ2) is 7.82. The summed E-state index contributed by atoms with van der Waals surface area (Å²) in [5.41, 5.74) is 1.07. The van der Waals surface area contributed by atoms with Crippen molar-refractivity contribution in [2.75, 3.05) is 13.7 Å². The molecule has 1 saturated heterocycles. The fraction of sp³-hybridized carbons (Fsp3) is 0.529. The highest BCUT2D eigenvalue weighted by Gasteiger charge is 2.31. The van der Waals surface area contributed by atoms with Crippen LogP contribution in [0.4, 0.5) is 0 Å². The van der Waals surface area contributed by atoms with Crippen molar-refractivity contribution in [2.45, 2.75) is 45.2 Å². The summed E-state index contributed by atoms with van der Waals surface area (Å²) in [4.78, 5) is 25.4. The van der Waals surface area contributed by atoms with Crippen molar-refractivity contribution in [3.8, 4) is 5.75 Å². The van der Waals surface area contributed by atoms with Crippen LogP contribution >= 0.6 is 0 Å². The summed E-state index contributed by atoms with van der Waals surface area (Å²) in [5.74, 6) is 0.770. The number of esters is 1. The zero-order chi connectivity index (χ0) is 15.9. The molecule has 0 spiro atoms. The third-order valence-electron chi connectivity index (χ3n) is 3.95. The molecule has 0 N–H and O–H groups in total. The van der Waals surface area contributed by atoms with E-state index in [1.54, 1.807) is 14.0 Å². The summed E-state index contributed by atoms with van der Waals surface area (Å²) in [6.45, 7) is 2.78. The van der Waals surface area contributed by atoms with Gasteiger partial charge in [-0.3, -0.25) is 9.59 Å². The number of hydrogen-bond donors (Lipinski definition) is 0. The first-order valence-corrected chi connectivity index (χ1v) is 7.72. The Morgan fingerprint density at radius 3 is 2.68 bits per heavy atom. The number of benzene rings is 1. The van der Waals surface area contributed by atoms with Gasteiger partial charge in [-0.25, -0.2) is 0 Å². The number of methoxy groups -OCH3 is 1. The average Bonchev–Trinajstić information content (AvgIpc) is 2.87. The minimum atomic E-state index is -0.189. The van der Waals surface area contributed by atoms with Gasteiger partial charge in [-0.05, 0) is 37.5 Å². The van der Waals surface area contributed by atoms with Crippen molar-refractivity contribution >= 4 is 11.9 Å². The van der Waals surface area contributed by atoms with Crippen LogP contribution in [0.25, 0.3) is 0 Å². The smallest absolute Gasteiger partial charge is 0.305 e. The zero-order valence-electron chi connectivity index (χ0n) is 13.2. The first-order chi connectivity index (χ1) is 10.6. The lowest BCUT2D eigenvalue weighted by Gasteiger charge is -2.24. The monoisotopic (exact) mass is 305 g/mol. The molecule has 1 aliphatic heterocycles. The maximum Gasteiger partial charge on any atom is 0.305 e. The Bertz CT molecular complexity index is 512. The van der Waals surface area contributed by atoms with Gasteiger partial charge >= 0.3 is 5.97 Å². The van der Waals surface area contributed by atoms with Gasteiger partial charge in [0.15, 0.2) is 0 Å². The minimum Gasteiger partial charge on any atom is -0.497 e. The molecule has 1 atom stereocenters. The third kappa shape index (κ3) is 4.23. The molecular weight excluding hydrogens is 282 g/mol. The summed E-state index contributed by atoms with van der Waals surface area (Å²) < 4.78 is 10.1. The lowest BCUT2D eigenvalue weighted by Crippen LogP contribution is -2.32. The van der Waals surface area contributed by atoms with Crippen molar-refractivity contribution in [1.29, 1.82) is 0 Å². The topological polar surface area (TPSA) is 55.8 Å². The summed E-state index contributed by atoms with van der Waals surface area (Å²) in [6, 6.07) is 7.84. The number of ether oxygens (including phenoxy) is 2. The summed E-state index contributed by atoms with van der Waals surface area (Å²) in [6.07, 6.45) is 2.41. The molecule has 1 aromatic rings. The third-order valence-corrected chi connectivity index (χ3v) is 3.95. The number of nitrogens with zero attached hydrogens (tertiary/aromatic N) is 1. The van der Waals surface area contributed by atoms with Crippen LogP contribution in [-0.4, -0.2) is 36.5 Å². The van der Waals surface area contributed by atoms with E-state index in [0.29, 0.717) is 32.4 Å². The molecule has 5 nitrogen and oxygen atoms in total. The van der Waals surface area contributed by atoms with E-state index < -0.39 is 0 Å². The second-order valence-corrected chi connectivity index (χ2v) is 5.41. The number of hydrogen-bond acceptors (Lipinski definition) is 4. The van der Waals surface area contributed by atoms with Gasteiger partial charge < -0.3 is 14.4 Å². The molecule has 1 aliphatic rings. The average molecular weight is 305 g/mol. The molecule has 0 bridgehead atoms. The van der Waals surface area contributed by atoms with Gasteiger partial charge in [-0.2, -0.15) is 0 Å². The quantitative estimate of drug-likeness (QED) is 0.726. The van der Waals surface area contributed by atoms with Crippen LogP contribution < -0.4 is 4.74 Å². The number of rotatable bonds is 7. The summed E-state index contributed by atoms with van der Waals surface area (Å²) in [7, 11) is 1.63. The Kier molecular flexibility index (Phi) is 5.81. The van der Waals surface area contributed by atoms with E-state index >= 15 is 0 Å². The highest BCUT2D eigenvalue weighted by Crippen LogP contribution is 2.25. The van der Waals surface area contributed by atoms with Crippen molar-refractivity contribution in [1.82, 2.24) is 4.90 Å². The second-order valence-electron chi connectivity index (χ2n) is 5.41. The van der Waals surface area contributed by atoms with Crippen molar-refractivity contribution < 1.29 is 19.1 Å². The number of carbonyl (C=O) groups is 2. The Balaban J connectivity index is 1.93. The first kappa shape index (κ1) is 16.3. The van der Waals surface area contributed by atoms with Gasteiger partial charge in [-0.1, -0.05) is 12.1 Å². The van der Waals surface area contributed by atoms with E-state index in [2.05, 4.69) is 0 Å². The molecule has 1 fully saturated rings. The van der Waals surface area contributed by atoms with Crippen LogP contribution in [0.2, 0.25) is 0 Å². The van der Waals surface area contributed by atoms with Crippen LogP contribution in [0.5, 0.6) is 5.75 Å². The maximum atomic E-state index is 12.1. The van der Waals surface area contributed by atoms with E-state index in [1.807, 2.05) is 29.2 Å². The molecule has 0 unspecified atom stereocenters. The molecule has 5 heteroatoms. The van der Waals surface area contributed by atoms with E-state index in [-0.39, 0.29) is 17.9 Å². The van der Waals surface area contributed by atoms with Gasteiger partial charge in [0.25, 0.3) is 0 Å². The van der Waals surface area contributed by atoms with Gasteiger partial charge in [0.2, 0.25) is 5.91 Å². The van der Waals surface area contributed by atoms with Crippen LogP contribution in [-0.2, 0) is 20.9 Å². The van der Waals surface area contributed by atoms with E-state index in [1.165, 1.54) is 0 Å². The maximum absolute atomic E-state index is 12.1. The molecule has 22 heavy (non-hydrogen) atoms. The largest absolute Gasteiger partial charge is 0.497 e. The number of amides is 1. The van der Waals surface area contributed by atoms with Crippen molar-refractivity contribution in [3.05, 3.63) is 29.8 Å². The zero-order valence-corrected chi connectivity index (χ0v) is 13.2. The van der Waals surface area contributed by atoms with Gasteiger partial charge in [-0.15, -0.1) is 0 Å². The Morgan fingerprint density at radius 2 is 2.05 bits per heavy atom. The standard InChI is InChI=1S/C17H23NO4/c1-3-22-17(20)11-7-14-6-10-16(19)18(14)12-13-4-8-15(21-2)9-5-13/h4-5,8-9,14H,3,6-7,10-12H2,1-2H3/t14-/m1/s1. The molecular formula is C17H23NO4. The highest BCUT2D eigenvalue weighted by molar-refractivity contribution is 5.79. The van der Waals surface area contributed by atoms with E-state index in [4.69, 9.17) is 9.47 Å². The number of carbonyl (C=O) groups excluding carboxylic acids is 2. The molecule has 2 rings (SSSR count). The molecule has 1 amide bonds. The van der Waals surface area contributed by atoms with Crippen LogP contribution in [0.3, 0.4) is 0 Å². The fourth-order valence-corrected chi connectivity index (χ4v) is 2.76. The Hall–Kier alpha value is -2.04. The summed E-state index contributed by atoms with van der Waals surface area (Å²) in [5, 5.41) is 0. The number of likely N-dealkylation sites (tertiary alicyclic amines) is 1. The predicted molar refractivity (Wildman–Crippen MR) is 82.4 cm³/mol. The SMILES string of the molecule is CCOC(=O)CC[C@H]1CCC(=O)N1Cc1ccc(OC)cc1. The minimum absolute atomic E-state index is 0.124. The normalized spacial score (nSPS) is 17.6. The molecule has 1 aromatic carbocycles. The highest BCUT2D eigenvalue weighted by atomic mass is 16.5. The first-order valence-electron chi connectivity index (χ1n) is 7.72. The predicted octanol–water partition coefficient (Wildman–Crippen LogP) is 2.53. The van der Waals surface area contributed by atoms with Gasteiger partial charge in [0.05, 0.1) is 13.7 Å². The molecule has 1 heterocycles. The van der Waals surface area contributed by atoms with Crippen LogP contribution in [0.15, 0.2) is 24.3 Å². The summed E-state index contributed by atoms with van der Waals surface area (Å²) >= 11 is 0. The fourth-order valence-electron chi connectivity index (χ4n) is 2.76. The molecule has 120 valence electrons. The Morgan fingerprint density at radius 1 is 1.32 bits per heavy atom. The van der Waals surface area contributed by atoms with E-state index in [0.717, 1.165) is 17.7 Å². The van der Waals surface area contributed by atoms with E-state index in [9.17, 15) is 9.59 Å². The van der Waals surface area contributed by atoms with Crippen LogP contribution in [0, 0.1) is 0 Å². The molecule has 0 aromatic heterocycles. The van der Waals surface area contributed by atoms with Gasteiger partial charge in [0, 0.05) is 25.4 Å². The lowest BCUT2D eigenvalue weighted by atomic mass is 10.1. The molecule has 0 aliphatic carbocycles. The van der Waals surface area contributed by atoms with Gasteiger partial charge in [0.1, 0.15) is 5.75 Å². The Labute approximate surface area is 131 Å². The van der Waals surface area contributed by atoms with Crippen molar-refractivity contribution in [2.24, 2.45) is 0 Å². The molecule has 0 radical (unpaired) electrons. The van der Waals surface area contributed by atoms with Crippen LogP contribution in [0.1, 0.15) is 38.2 Å².